The summed E-state index contributed by atoms with van der Waals surface area (Å²) in [5, 5.41) is 3.19. The van der Waals surface area contributed by atoms with Gasteiger partial charge in [0.25, 0.3) is 0 Å². The lowest BCUT2D eigenvalue weighted by molar-refractivity contribution is -0.132. The molecular formula is C24H31N5O3. The lowest BCUT2D eigenvalue weighted by Gasteiger charge is -2.30. The number of rotatable bonds is 6. The molecule has 1 fully saturated rings. The number of hydrogen-bond acceptors (Lipinski definition) is 6. The molecule has 0 saturated carbocycles. The Morgan fingerprint density at radius 3 is 2.66 bits per heavy atom. The quantitative estimate of drug-likeness (QED) is 0.748. The topological polar surface area (TPSA) is 87.7 Å². The molecule has 2 amide bonds. The van der Waals surface area contributed by atoms with Gasteiger partial charge in [0.1, 0.15) is 11.6 Å². The summed E-state index contributed by atoms with van der Waals surface area (Å²) in [6.07, 6.45) is 3.66. The minimum absolute atomic E-state index is 0.0537. The molecule has 1 saturated heterocycles. The largest absolute Gasteiger partial charge is 0.497 e. The van der Waals surface area contributed by atoms with Gasteiger partial charge in [-0.2, -0.15) is 0 Å². The number of methoxy groups -OCH3 is 1. The SMILES string of the molecule is CNc1nc(C2CCCN2C(=O)CCc2ccc(OC)cc2)nc2c1CCN(C(C)=O)C2. The van der Waals surface area contributed by atoms with Crippen molar-refractivity contribution in [3.8, 4) is 5.75 Å². The number of hydrogen-bond donors (Lipinski definition) is 1. The maximum Gasteiger partial charge on any atom is 0.223 e. The van der Waals surface area contributed by atoms with Crippen molar-refractivity contribution in [3.05, 3.63) is 46.9 Å². The van der Waals surface area contributed by atoms with Gasteiger partial charge in [-0.25, -0.2) is 9.97 Å². The molecule has 32 heavy (non-hydrogen) atoms. The summed E-state index contributed by atoms with van der Waals surface area (Å²) in [5.74, 6) is 2.48. The van der Waals surface area contributed by atoms with Gasteiger partial charge in [-0.1, -0.05) is 12.1 Å². The van der Waals surface area contributed by atoms with E-state index in [0.29, 0.717) is 31.8 Å². The van der Waals surface area contributed by atoms with E-state index in [0.717, 1.165) is 54.2 Å². The second kappa shape index (κ2) is 9.54. The molecule has 2 aliphatic heterocycles. The van der Waals surface area contributed by atoms with E-state index in [1.165, 1.54) is 0 Å². The number of nitrogens with one attached hydrogen (secondary N) is 1. The van der Waals surface area contributed by atoms with Gasteiger partial charge in [0.05, 0.1) is 25.4 Å². The zero-order chi connectivity index (χ0) is 22.7. The van der Waals surface area contributed by atoms with Crippen LogP contribution in [0.25, 0.3) is 0 Å². The van der Waals surface area contributed by atoms with Crippen LogP contribution >= 0.6 is 0 Å². The first-order valence-electron chi connectivity index (χ1n) is 11.3. The molecule has 0 bridgehead atoms. The van der Waals surface area contributed by atoms with E-state index in [4.69, 9.17) is 14.7 Å². The highest BCUT2D eigenvalue weighted by atomic mass is 16.5. The van der Waals surface area contributed by atoms with Crippen molar-refractivity contribution >= 4 is 17.6 Å². The monoisotopic (exact) mass is 437 g/mol. The van der Waals surface area contributed by atoms with Gasteiger partial charge in [-0.05, 0) is 43.4 Å². The highest BCUT2D eigenvalue weighted by molar-refractivity contribution is 5.77. The van der Waals surface area contributed by atoms with Crippen molar-refractivity contribution in [1.82, 2.24) is 19.8 Å². The fourth-order valence-electron chi connectivity index (χ4n) is 4.59. The summed E-state index contributed by atoms with van der Waals surface area (Å²) < 4.78 is 5.20. The maximum atomic E-state index is 13.1. The van der Waals surface area contributed by atoms with Crippen LogP contribution in [0.15, 0.2) is 24.3 Å². The number of aryl methyl sites for hydroxylation is 1. The molecule has 8 heteroatoms. The third-order valence-corrected chi connectivity index (χ3v) is 6.42. The zero-order valence-electron chi connectivity index (χ0n) is 19.1. The Kier molecular flexibility index (Phi) is 6.58. The summed E-state index contributed by atoms with van der Waals surface area (Å²) in [4.78, 5) is 38.3. The van der Waals surface area contributed by atoms with E-state index in [1.54, 1.807) is 14.0 Å². The normalized spacial score (nSPS) is 17.8. The van der Waals surface area contributed by atoms with Crippen LogP contribution in [-0.4, -0.2) is 58.8 Å². The Morgan fingerprint density at radius 2 is 1.97 bits per heavy atom. The molecule has 1 N–H and O–H groups in total. The molecule has 1 atom stereocenters. The first kappa shape index (κ1) is 22.0. The van der Waals surface area contributed by atoms with Crippen LogP contribution in [0.1, 0.15) is 54.9 Å². The lowest BCUT2D eigenvalue weighted by Crippen LogP contribution is -2.36. The maximum absolute atomic E-state index is 13.1. The number of nitrogens with zero attached hydrogens (tertiary/aromatic N) is 4. The van der Waals surface area contributed by atoms with Crippen molar-refractivity contribution in [2.45, 2.75) is 51.6 Å². The number of anilines is 1. The van der Waals surface area contributed by atoms with E-state index in [1.807, 2.05) is 41.1 Å². The van der Waals surface area contributed by atoms with Gasteiger partial charge in [0, 0.05) is 39.0 Å². The summed E-state index contributed by atoms with van der Waals surface area (Å²) >= 11 is 0. The third kappa shape index (κ3) is 4.54. The second-order valence-electron chi connectivity index (χ2n) is 8.39. The first-order valence-corrected chi connectivity index (χ1v) is 11.3. The van der Waals surface area contributed by atoms with E-state index in [-0.39, 0.29) is 17.9 Å². The summed E-state index contributed by atoms with van der Waals surface area (Å²) in [6, 6.07) is 7.72. The average Bonchev–Trinajstić information content (AvgIpc) is 3.31. The Bertz CT molecular complexity index is 992. The van der Waals surface area contributed by atoms with Crippen LogP contribution < -0.4 is 10.1 Å². The highest BCUT2D eigenvalue weighted by Gasteiger charge is 2.33. The zero-order valence-corrected chi connectivity index (χ0v) is 19.1. The molecule has 1 aromatic heterocycles. The van der Waals surface area contributed by atoms with Gasteiger partial charge in [0.2, 0.25) is 11.8 Å². The van der Waals surface area contributed by atoms with Crippen molar-refractivity contribution in [2.24, 2.45) is 0 Å². The summed E-state index contributed by atoms with van der Waals surface area (Å²) in [5.41, 5.74) is 3.07. The van der Waals surface area contributed by atoms with Crippen LogP contribution in [0.3, 0.4) is 0 Å². The van der Waals surface area contributed by atoms with Crippen LogP contribution in [0.2, 0.25) is 0 Å². The minimum atomic E-state index is -0.122. The molecule has 1 unspecified atom stereocenters. The molecule has 0 radical (unpaired) electrons. The van der Waals surface area contributed by atoms with Crippen LogP contribution in [0, 0.1) is 0 Å². The summed E-state index contributed by atoms with van der Waals surface area (Å²) in [7, 11) is 3.50. The number of benzene rings is 1. The number of carbonyl (C=O) groups excluding carboxylic acids is 2. The van der Waals surface area contributed by atoms with Gasteiger partial charge in [0.15, 0.2) is 5.82 Å². The molecule has 4 rings (SSSR count). The van der Waals surface area contributed by atoms with Crippen molar-refractivity contribution in [2.75, 3.05) is 32.6 Å². The standard InChI is InChI=1S/C24H31N5O3/c1-16(30)28-14-12-19-20(15-28)26-24(27-23(19)25-2)21-5-4-13-29(21)22(31)11-8-17-6-9-18(32-3)10-7-17/h6-7,9-10,21H,4-5,8,11-15H2,1-3H3,(H,25,26,27). The Balaban J connectivity index is 1.50. The Hall–Kier alpha value is -3.16. The van der Waals surface area contributed by atoms with Gasteiger partial charge >= 0.3 is 0 Å². The number of amides is 2. The summed E-state index contributed by atoms with van der Waals surface area (Å²) in [6.45, 7) is 3.49. The molecule has 1 aromatic carbocycles. The molecule has 8 nitrogen and oxygen atoms in total. The highest BCUT2D eigenvalue weighted by Crippen LogP contribution is 2.33. The predicted molar refractivity (Wildman–Crippen MR) is 121 cm³/mol. The number of fused-ring (bicyclic) bond motifs is 1. The van der Waals surface area contributed by atoms with E-state index in [9.17, 15) is 9.59 Å². The number of likely N-dealkylation sites (tertiary alicyclic amines) is 1. The van der Waals surface area contributed by atoms with E-state index < -0.39 is 0 Å². The van der Waals surface area contributed by atoms with Crippen LogP contribution in [0.4, 0.5) is 5.82 Å². The molecule has 170 valence electrons. The fourth-order valence-corrected chi connectivity index (χ4v) is 4.59. The molecule has 3 heterocycles. The number of ether oxygens (including phenoxy) is 1. The van der Waals surface area contributed by atoms with Crippen molar-refractivity contribution in [3.63, 3.8) is 0 Å². The Labute approximate surface area is 189 Å². The van der Waals surface area contributed by atoms with Gasteiger partial charge in [-0.3, -0.25) is 9.59 Å². The molecule has 2 aliphatic rings. The Morgan fingerprint density at radius 1 is 1.19 bits per heavy atom. The van der Waals surface area contributed by atoms with Crippen LogP contribution in [0.5, 0.6) is 5.75 Å². The molecule has 0 spiro atoms. The van der Waals surface area contributed by atoms with E-state index >= 15 is 0 Å². The van der Waals surface area contributed by atoms with Crippen molar-refractivity contribution < 1.29 is 14.3 Å². The lowest BCUT2D eigenvalue weighted by atomic mass is 10.0. The third-order valence-electron chi connectivity index (χ3n) is 6.42. The number of aromatic nitrogens is 2. The van der Waals surface area contributed by atoms with E-state index in [2.05, 4.69) is 5.32 Å². The predicted octanol–water partition coefficient (Wildman–Crippen LogP) is 2.73. The molecule has 2 aromatic rings. The van der Waals surface area contributed by atoms with Gasteiger partial charge in [-0.15, -0.1) is 0 Å². The molecular weight excluding hydrogens is 406 g/mol. The average molecular weight is 438 g/mol. The smallest absolute Gasteiger partial charge is 0.223 e. The van der Waals surface area contributed by atoms with Crippen molar-refractivity contribution in [1.29, 1.82) is 0 Å². The first-order chi connectivity index (χ1) is 15.5. The number of carbonyl (C=O) groups is 2. The second-order valence-corrected chi connectivity index (χ2v) is 8.39. The molecule has 0 aliphatic carbocycles. The van der Waals surface area contributed by atoms with Crippen LogP contribution in [-0.2, 0) is 29.0 Å². The fraction of sp³-hybridized carbons (Fsp3) is 0.500. The minimum Gasteiger partial charge on any atom is -0.497 e. The van der Waals surface area contributed by atoms with Gasteiger partial charge < -0.3 is 19.9 Å².